The van der Waals surface area contributed by atoms with Gasteiger partial charge >= 0.3 is 0 Å². The molecule has 0 radical (unpaired) electrons. The van der Waals surface area contributed by atoms with Crippen molar-refractivity contribution in [2.45, 2.75) is 38.1 Å². The zero-order valence-electron chi connectivity index (χ0n) is 11.1. The van der Waals surface area contributed by atoms with Crippen LogP contribution in [-0.4, -0.2) is 18.5 Å². The van der Waals surface area contributed by atoms with Gasteiger partial charge in [0.15, 0.2) is 0 Å². The Morgan fingerprint density at radius 3 is 3.00 bits per heavy atom. The van der Waals surface area contributed by atoms with Crippen molar-refractivity contribution in [1.82, 2.24) is 5.32 Å². The Labute approximate surface area is 113 Å². The molecule has 0 heterocycles. The molecule has 3 nitrogen and oxygen atoms in total. The molecular weight excluding hydrogens is 243 g/mol. The first kappa shape index (κ1) is 14.0. The smallest absolute Gasteiger partial charge is 0.224 e. The van der Waals surface area contributed by atoms with Crippen LogP contribution in [-0.2, 0) is 11.2 Å². The molecule has 2 unspecified atom stereocenters. The summed E-state index contributed by atoms with van der Waals surface area (Å²) in [5.74, 6) is 0.133. The Hall–Kier alpha value is -1.42. The highest BCUT2D eigenvalue weighted by molar-refractivity contribution is 5.78. The predicted octanol–water partition coefficient (Wildman–Crippen LogP) is 2.00. The van der Waals surface area contributed by atoms with Gasteiger partial charge in [-0.3, -0.25) is 4.79 Å². The molecule has 104 valence electrons. The Kier molecular flexibility index (Phi) is 4.91. The molecule has 3 N–H and O–H groups in total. The van der Waals surface area contributed by atoms with Crippen LogP contribution in [0.2, 0.25) is 0 Å². The van der Waals surface area contributed by atoms with E-state index in [4.69, 9.17) is 5.73 Å². The number of hydrogen-bond donors (Lipinski definition) is 2. The molecule has 1 aromatic rings. The maximum Gasteiger partial charge on any atom is 0.224 e. The molecule has 1 aliphatic carbocycles. The van der Waals surface area contributed by atoms with Gasteiger partial charge < -0.3 is 11.1 Å². The summed E-state index contributed by atoms with van der Waals surface area (Å²) in [6.45, 7) is 0.682. The van der Waals surface area contributed by atoms with Crippen LogP contribution in [0, 0.1) is 11.7 Å². The van der Waals surface area contributed by atoms with Gasteiger partial charge in [0.2, 0.25) is 5.91 Å². The number of amides is 1. The topological polar surface area (TPSA) is 55.1 Å². The van der Waals surface area contributed by atoms with Crippen molar-refractivity contribution in [3.63, 3.8) is 0 Å². The van der Waals surface area contributed by atoms with Gasteiger partial charge in [0, 0.05) is 12.6 Å². The van der Waals surface area contributed by atoms with E-state index in [0.717, 1.165) is 25.7 Å². The van der Waals surface area contributed by atoms with E-state index < -0.39 is 0 Å². The van der Waals surface area contributed by atoms with E-state index in [1.807, 2.05) is 0 Å². The van der Waals surface area contributed by atoms with Gasteiger partial charge in [-0.05, 0) is 42.9 Å². The maximum atomic E-state index is 13.0. The van der Waals surface area contributed by atoms with E-state index >= 15 is 0 Å². The lowest BCUT2D eigenvalue weighted by atomic mass is 9.86. The molecule has 1 saturated carbocycles. The third kappa shape index (κ3) is 4.63. The highest BCUT2D eigenvalue weighted by Crippen LogP contribution is 2.22. The summed E-state index contributed by atoms with van der Waals surface area (Å²) >= 11 is 0. The monoisotopic (exact) mass is 264 g/mol. The summed E-state index contributed by atoms with van der Waals surface area (Å²) in [5.41, 5.74) is 6.62. The summed E-state index contributed by atoms with van der Waals surface area (Å²) < 4.78 is 13.0. The van der Waals surface area contributed by atoms with Crippen molar-refractivity contribution in [3.8, 4) is 0 Å². The van der Waals surface area contributed by atoms with Gasteiger partial charge in [0.25, 0.3) is 0 Å². The second-order valence-corrected chi connectivity index (χ2v) is 5.40. The molecule has 1 amide bonds. The summed E-state index contributed by atoms with van der Waals surface area (Å²) in [5, 5.41) is 2.92. The normalized spacial score (nSPS) is 23.1. The lowest BCUT2D eigenvalue weighted by Crippen LogP contribution is -2.36. The molecule has 1 aliphatic rings. The predicted molar refractivity (Wildman–Crippen MR) is 73.0 cm³/mol. The van der Waals surface area contributed by atoms with Gasteiger partial charge in [-0.15, -0.1) is 0 Å². The number of rotatable bonds is 4. The van der Waals surface area contributed by atoms with Crippen molar-refractivity contribution in [3.05, 3.63) is 35.6 Å². The summed E-state index contributed by atoms with van der Waals surface area (Å²) in [6, 6.07) is 6.44. The van der Waals surface area contributed by atoms with E-state index in [0.29, 0.717) is 18.0 Å². The zero-order valence-corrected chi connectivity index (χ0v) is 11.1. The number of nitrogens with two attached hydrogens (primary N) is 1. The van der Waals surface area contributed by atoms with Crippen LogP contribution >= 0.6 is 0 Å². The molecule has 4 heteroatoms. The number of hydrogen-bond acceptors (Lipinski definition) is 2. The van der Waals surface area contributed by atoms with Gasteiger partial charge in [0.05, 0.1) is 6.42 Å². The van der Waals surface area contributed by atoms with Gasteiger partial charge in [0.1, 0.15) is 5.82 Å². The Morgan fingerprint density at radius 1 is 1.42 bits per heavy atom. The van der Waals surface area contributed by atoms with Crippen LogP contribution in [0.3, 0.4) is 0 Å². The first-order valence-electron chi connectivity index (χ1n) is 6.90. The third-order valence-electron chi connectivity index (χ3n) is 3.66. The molecular formula is C15H21FN2O. The maximum absolute atomic E-state index is 13.0. The fourth-order valence-corrected chi connectivity index (χ4v) is 2.67. The molecule has 0 aromatic heterocycles. The quantitative estimate of drug-likeness (QED) is 0.874. The second kappa shape index (κ2) is 6.66. The van der Waals surface area contributed by atoms with Crippen LogP contribution in [0.4, 0.5) is 4.39 Å². The Morgan fingerprint density at radius 2 is 2.26 bits per heavy atom. The fraction of sp³-hybridized carbons (Fsp3) is 0.533. The minimum Gasteiger partial charge on any atom is -0.356 e. The van der Waals surface area contributed by atoms with Crippen LogP contribution in [0.15, 0.2) is 24.3 Å². The summed E-state index contributed by atoms with van der Waals surface area (Å²) in [4.78, 5) is 11.8. The van der Waals surface area contributed by atoms with Gasteiger partial charge in [-0.1, -0.05) is 18.6 Å². The highest BCUT2D eigenvalue weighted by atomic mass is 19.1. The fourth-order valence-electron chi connectivity index (χ4n) is 2.67. The number of carbonyl (C=O) groups is 1. The first-order chi connectivity index (χ1) is 9.13. The largest absolute Gasteiger partial charge is 0.356 e. The van der Waals surface area contributed by atoms with E-state index in [-0.39, 0.29) is 24.2 Å². The molecule has 1 aromatic carbocycles. The number of halogens is 1. The minimum absolute atomic E-state index is 0.0512. The lowest BCUT2D eigenvalue weighted by Gasteiger charge is -2.26. The second-order valence-electron chi connectivity index (χ2n) is 5.40. The van der Waals surface area contributed by atoms with Crippen molar-refractivity contribution in [2.75, 3.05) is 6.54 Å². The molecule has 0 aliphatic heterocycles. The summed E-state index contributed by atoms with van der Waals surface area (Å²) in [6.07, 6.45) is 4.59. The Balaban J connectivity index is 1.75. The van der Waals surface area contributed by atoms with E-state index in [2.05, 4.69) is 5.32 Å². The molecule has 1 fully saturated rings. The molecule has 19 heavy (non-hydrogen) atoms. The van der Waals surface area contributed by atoms with Crippen molar-refractivity contribution in [1.29, 1.82) is 0 Å². The van der Waals surface area contributed by atoms with Crippen LogP contribution in [0.25, 0.3) is 0 Å². The molecule has 0 bridgehead atoms. The van der Waals surface area contributed by atoms with Crippen molar-refractivity contribution < 1.29 is 9.18 Å². The zero-order chi connectivity index (χ0) is 13.7. The molecule has 0 spiro atoms. The average Bonchev–Trinajstić information content (AvgIpc) is 2.36. The van der Waals surface area contributed by atoms with Crippen molar-refractivity contribution in [2.24, 2.45) is 11.7 Å². The number of benzene rings is 1. The number of carbonyl (C=O) groups excluding carboxylic acids is 1. The van der Waals surface area contributed by atoms with Crippen molar-refractivity contribution >= 4 is 5.91 Å². The van der Waals surface area contributed by atoms with E-state index in [1.165, 1.54) is 12.1 Å². The standard InChI is InChI=1S/C15H21FN2O/c16-13-5-1-3-11(7-13)9-15(19)18-10-12-4-2-6-14(17)8-12/h1,3,5,7,12,14H,2,4,6,8-10,17H2,(H,18,19). The first-order valence-corrected chi connectivity index (χ1v) is 6.90. The molecule has 0 saturated heterocycles. The highest BCUT2D eigenvalue weighted by Gasteiger charge is 2.19. The van der Waals surface area contributed by atoms with Crippen LogP contribution in [0.1, 0.15) is 31.2 Å². The minimum atomic E-state index is -0.302. The number of nitrogens with one attached hydrogen (secondary N) is 1. The van der Waals surface area contributed by atoms with Gasteiger partial charge in [-0.25, -0.2) is 4.39 Å². The summed E-state index contributed by atoms with van der Waals surface area (Å²) in [7, 11) is 0. The SMILES string of the molecule is NC1CCCC(CNC(=O)Cc2cccc(F)c2)C1. The Bertz CT molecular complexity index is 436. The molecule has 2 rings (SSSR count). The van der Waals surface area contributed by atoms with E-state index in [1.54, 1.807) is 12.1 Å². The van der Waals surface area contributed by atoms with Crippen LogP contribution in [0.5, 0.6) is 0 Å². The molecule has 2 atom stereocenters. The van der Waals surface area contributed by atoms with E-state index in [9.17, 15) is 9.18 Å². The van der Waals surface area contributed by atoms with Crippen LogP contribution < -0.4 is 11.1 Å². The third-order valence-corrected chi connectivity index (χ3v) is 3.66. The lowest BCUT2D eigenvalue weighted by molar-refractivity contribution is -0.120. The van der Waals surface area contributed by atoms with Gasteiger partial charge in [-0.2, -0.15) is 0 Å². The average molecular weight is 264 g/mol.